The molecule has 0 saturated carbocycles. The third-order valence-electron chi connectivity index (χ3n) is 1.85. The highest BCUT2D eigenvalue weighted by Crippen LogP contribution is 2.15. The minimum Gasteiger partial charge on any atom is -0.361 e. The maximum atomic E-state index is 4.22. The number of aromatic amines is 1. The highest BCUT2D eigenvalue weighted by Gasteiger charge is 1.97. The van der Waals surface area contributed by atoms with Crippen molar-refractivity contribution in [1.29, 1.82) is 0 Å². The Balaban J connectivity index is 1.78. The molecule has 4 nitrogen and oxygen atoms in total. The first-order chi connectivity index (χ1) is 6.84. The molecule has 0 spiro atoms. The number of aryl methyl sites for hydroxylation is 1. The number of nitrogens with one attached hydrogen (secondary N) is 2. The molecule has 0 radical (unpaired) electrons. The summed E-state index contributed by atoms with van der Waals surface area (Å²) in [5.41, 5.74) is 1.14. The fourth-order valence-corrected chi connectivity index (χ4v) is 1.85. The number of hydrogen-bond donors (Lipinski definition) is 2. The Morgan fingerprint density at radius 2 is 2.43 bits per heavy atom. The maximum absolute atomic E-state index is 4.22. The summed E-state index contributed by atoms with van der Waals surface area (Å²) in [6.07, 6.45) is 6.36. The Bertz CT molecular complexity index is 379. The number of imidazole rings is 1. The molecule has 0 saturated heterocycles. The fraction of sp³-hybridized carbons (Fsp3) is 0.333. The molecule has 0 atom stereocenters. The van der Waals surface area contributed by atoms with E-state index in [-0.39, 0.29) is 0 Å². The molecule has 2 aromatic rings. The van der Waals surface area contributed by atoms with E-state index in [1.807, 2.05) is 12.4 Å². The monoisotopic (exact) mass is 208 g/mol. The third-order valence-corrected chi connectivity index (χ3v) is 2.72. The minimum absolute atomic E-state index is 0.884. The number of nitrogens with zero attached hydrogens (tertiary/aromatic N) is 2. The second-order valence-electron chi connectivity index (χ2n) is 3.03. The third kappa shape index (κ3) is 2.32. The lowest BCUT2D eigenvalue weighted by atomic mass is 10.3. The van der Waals surface area contributed by atoms with Crippen molar-refractivity contribution in [2.45, 2.75) is 13.3 Å². The number of thiazole rings is 1. The molecule has 2 heterocycles. The fourth-order valence-electron chi connectivity index (χ4n) is 1.16. The Morgan fingerprint density at radius 1 is 1.50 bits per heavy atom. The Kier molecular flexibility index (Phi) is 2.78. The van der Waals surface area contributed by atoms with E-state index in [4.69, 9.17) is 0 Å². The molecular formula is C9H12N4S. The van der Waals surface area contributed by atoms with Gasteiger partial charge in [0.25, 0.3) is 0 Å². The van der Waals surface area contributed by atoms with E-state index in [1.54, 1.807) is 17.7 Å². The average molecular weight is 208 g/mol. The van der Waals surface area contributed by atoms with E-state index < -0.39 is 0 Å². The van der Waals surface area contributed by atoms with Crippen LogP contribution in [-0.2, 0) is 6.42 Å². The van der Waals surface area contributed by atoms with Gasteiger partial charge in [0.2, 0.25) is 0 Å². The van der Waals surface area contributed by atoms with Gasteiger partial charge in [-0.3, -0.25) is 0 Å². The molecule has 0 fully saturated rings. The van der Waals surface area contributed by atoms with Crippen LogP contribution in [0.3, 0.4) is 0 Å². The molecule has 0 amide bonds. The number of rotatable bonds is 4. The molecule has 2 N–H and O–H groups in total. The Morgan fingerprint density at radius 3 is 3.07 bits per heavy atom. The van der Waals surface area contributed by atoms with Gasteiger partial charge in [-0.1, -0.05) is 0 Å². The summed E-state index contributed by atoms with van der Waals surface area (Å²) >= 11 is 1.68. The first-order valence-electron chi connectivity index (χ1n) is 4.48. The lowest BCUT2D eigenvalue weighted by Crippen LogP contribution is -2.04. The van der Waals surface area contributed by atoms with Gasteiger partial charge in [-0.05, 0) is 6.92 Å². The predicted octanol–water partition coefficient (Wildman–Crippen LogP) is 1.83. The molecule has 5 heteroatoms. The van der Waals surface area contributed by atoms with Gasteiger partial charge >= 0.3 is 0 Å². The summed E-state index contributed by atoms with van der Waals surface area (Å²) in [5, 5.41) is 4.25. The van der Waals surface area contributed by atoms with Crippen LogP contribution in [0.4, 0.5) is 5.13 Å². The normalized spacial score (nSPS) is 10.4. The highest BCUT2D eigenvalue weighted by molar-refractivity contribution is 7.15. The van der Waals surface area contributed by atoms with Crippen LogP contribution in [0.1, 0.15) is 10.6 Å². The highest BCUT2D eigenvalue weighted by atomic mass is 32.1. The van der Waals surface area contributed by atoms with Gasteiger partial charge in [-0.25, -0.2) is 9.97 Å². The number of aromatic nitrogens is 3. The van der Waals surface area contributed by atoms with Crippen LogP contribution in [0.15, 0.2) is 18.7 Å². The van der Waals surface area contributed by atoms with Gasteiger partial charge in [0.1, 0.15) is 0 Å². The summed E-state index contributed by atoms with van der Waals surface area (Å²) in [5.74, 6) is 0. The lowest BCUT2D eigenvalue weighted by molar-refractivity contribution is 0.974. The average Bonchev–Trinajstić information content (AvgIpc) is 2.77. The molecular weight excluding hydrogens is 196 g/mol. The molecule has 0 unspecified atom stereocenters. The van der Waals surface area contributed by atoms with Gasteiger partial charge in [0.05, 0.1) is 6.33 Å². The van der Waals surface area contributed by atoms with Crippen LogP contribution in [0.5, 0.6) is 0 Å². The van der Waals surface area contributed by atoms with Crippen molar-refractivity contribution in [3.8, 4) is 0 Å². The van der Waals surface area contributed by atoms with Crippen molar-refractivity contribution in [1.82, 2.24) is 15.0 Å². The quantitative estimate of drug-likeness (QED) is 0.806. The summed E-state index contributed by atoms with van der Waals surface area (Å²) in [6, 6.07) is 0. The first kappa shape index (κ1) is 9.21. The number of hydrogen-bond acceptors (Lipinski definition) is 4. The smallest absolute Gasteiger partial charge is 0.182 e. The second-order valence-corrected chi connectivity index (χ2v) is 4.26. The van der Waals surface area contributed by atoms with Crippen LogP contribution in [-0.4, -0.2) is 21.5 Å². The van der Waals surface area contributed by atoms with Crippen LogP contribution in [0.2, 0.25) is 0 Å². The summed E-state index contributed by atoms with van der Waals surface area (Å²) in [6.45, 7) is 2.94. The second kappa shape index (κ2) is 4.23. The van der Waals surface area contributed by atoms with Crippen molar-refractivity contribution in [3.05, 3.63) is 29.3 Å². The van der Waals surface area contributed by atoms with Crippen LogP contribution in [0.25, 0.3) is 0 Å². The van der Waals surface area contributed by atoms with Crippen LogP contribution >= 0.6 is 11.3 Å². The Hall–Kier alpha value is -1.36. The zero-order valence-electron chi connectivity index (χ0n) is 7.95. The molecule has 0 aliphatic rings. The van der Waals surface area contributed by atoms with Gasteiger partial charge < -0.3 is 10.3 Å². The first-order valence-corrected chi connectivity index (χ1v) is 5.30. The molecule has 0 aliphatic heterocycles. The largest absolute Gasteiger partial charge is 0.361 e. The van der Waals surface area contributed by atoms with E-state index in [2.05, 4.69) is 27.2 Å². The molecule has 14 heavy (non-hydrogen) atoms. The SMILES string of the molecule is Cc1cnc(NCCc2cnc[nH]2)s1. The molecule has 2 rings (SSSR count). The van der Waals surface area contributed by atoms with Gasteiger partial charge in [0, 0.05) is 35.9 Å². The molecule has 74 valence electrons. The van der Waals surface area contributed by atoms with E-state index >= 15 is 0 Å². The van der Waals surface area contributed by atoms with Crippen molar-refractivity contribution in [2.24, 2.45) is 0 Å². The van der Waals surface area contributed by atoms with Crippen molar-refractivity contribution < 1.29 is 0 Å². The summed E-state index contributed by atoms with van der Waals surface area (Å²) in [4.78, 5) is 12.5. The van der Waals surface area contributed by atoms with Crippen molar-refractivity contribution >= 4 is 16.5 Å². The van der Waals surface area contributed by atoms with E-state index in [0.29, 0.717) is 0 Å². The van der Waals surface area contributed by atoms with Gasteiger partial charge in [0.15, 0.2) is 5.13 Å². The minimum atomic E-state index is 0.884. The van der Waals surface area contributed by atoms with E-state index in [9.17, 15) is 0 Å². The number of anilines is 1. The van der Waals surface area contributed by atoms with Gasteiger partial charge in [-0.15, -0.1) is 11.3 Å². The van der Waals surface area contributed by atoms with Crippen LogP contribution in [0, 0.1) is 6.92 Å². The standard InChI is InChI=1S/C9H12N4S/c1-7-4-12-9(14-7)11-3-2-8-5-10-6-13-8/h4-6H,2-3H2,1H3,(H,10,13)(H,11,12). The lowest BCUT2D eigenvalue weighted by Gasteiger charge is -1.99. The number of H-pyrrole nitrogens is 1. The van der Waals surface area contributed by atoms with Gasteiger partial charge in [-0.2, -0.15) is 0 Å². The van der Waals surface area contributed by atoms with Crippen molar-refractivity contribution in [3.63, 3.8) is 0 Å². The van der Waals surface area contributed by atoms with E-state index in [0.717, 1.165) is 23.8 Å². The molecule has 0 aromatic carbocycles. The van der Waals surface area contributed by atoms with E-state index in [1.165, 1.54) is 4.88 Å². The summed E-state index contributed by atoms with van der Waals surface area (Å²) < 4.78 is 0. The topological polar surface area (TPSA) is 53.6 Å². The molecule has 0 bridgehead atoms. The zero-order chi connectivity index (χ0) is 9.80. The summed E-state index contributed by atoms with van der Waals surface area (Å²) in [7, 11) is 0. The zero-order valence-corrected chi connectivity index (χ0v) is 8.77. The van der Waals surface area contributed by atoms with Crippen molar-refractivity contribution in [2.75, 3.05) is 11.9 Å². The predicted molar refractivity (Wildman–Crippen MR) is 57.6 cm³/mol. The molecule has 2 aromatic heterocycles. The Labute approximate surface area is 86.4 Å². The van der Waals surface area contributed by atoms with Crippen LogP contribution < -0.4 is 5.32 Å². The molecule has 0 aliphatic carbocycles. The maximum Gasteiger partial charge on any atom is 0.182 e.